The van der Waals surface area contributed by atoms with Gasteiger partial charge < -0.3 is 9.31 Å². The minimum Gasteiger partial charge on any atom is -0.403 e. The Hall–Kier alpha value is -0.895. The Balaban J connectivity index is 1.73. The fourth-order valence-corrected chi connectivity index (χ4v) is 3.90. The van der Waals surface area contributed by atoms with E-state index in [2.05, 4.69) is 32.8 Å². The molecule has 0 bridgehead atoms. The fraction of sp³-hybridized carbons (Fsp3) is 0.800. The summed E-state index contributed by atoms with van der Waals surface area (Å²) in [6.07, 6.45) is 5.57. The molecule has 0 spiro atoms. The van der Waals surface area contributed by atoms with E-state index in [1.54, 1.807) is 10.9 Å². The molecule has 1 saturated heterocycles. The maximum atomic E-state index is 11.4. The molecular weight excluding hydrogens is 329 g/mol. The number of hydrogen-bond donors (Lipinski definition) is 1. The Bertz CT molecular complexity index is 700. The van der Waals surface area contributed by atoms with Gasteiger partial charge in [-0.05, 0) is 52.4 Å². The van der Waals surface area contributed by atoms with E-state index in [1.807, 2.05) is 0 Å². The number of primary sulfonamides is 1. The van der Waals surface area contributed by atoms with Crippen LogP contribution in [0.3, 0.4) is 0 Å². The van der Waals surface area contributed by atoms with Gasteiger partial charge in [0.25, 0.3) is 10.0 Å². The van der Waals surface area contributed by atoms with Crippen LogP contribution in [-0.2, 0) is 19.3 Å². The van der Waals surface area contributed by atoms with Gasteiger partial charge in [0.1, 0.15) is 0 Å². The van der Waals surface area contributed by atoms with Gasteiger partial charge in [-0.15, -0.1) is 0 Å². The molecule has 0 unspecified atom stereocenters. The zero-order chi connectivity index (χ0) is 17.8. The lowest BCUT2D eigenvalue weighted by atomic mass is 9.63. The maximum absolute atomic E-state index is 11.4. The molecule has 9 heteroatoms. The van der Waals surface area contributed by atoms with Crippen molar-refractivity contribution in [3.8, 4) is 0 Å². The molecule has 134 valence electrons. The Kier molecular flexibility index (Phi) is 4.35. The zero-order valence-electron chi connectivity index (χ0n) is 14.7. The van der Waals surface area contributed by atoms with Crippen LogP contribution in [0.15, 0.2) is 17.3 Å². The van der Waals surface area contributed by atoms with E-state index in [1.165, 1.54) is 6.07 Å². The van der Waals surface area contributed by atoms with Crippen molar-refractivity contribution in [3.05, 3.63) is 12.3 Å². The minimum atomic E-state index is -3.76. The van der Waals surface area contributed by atoms with Crippen LogP contribution in [0.1, 0.15) is 59.4 Å². The van der Waals surface area contributed by atoms with E-state index in [9.17, 15) is 8.42 Å². The summed E-state index contributed by atoms with van der Waals surface area (Å²) in [5.74, 6) is 0.270. The third-order valence-corrected chi connectivity index (χ3v) is 6.39. The van der Waals surface area contributed by atoms with Crippen molar-refractivity contribution in [1.82, 2.24) is 9.78 Å². The second-order valence-electron chi connectivity index (χ2n) is 7.88. The fourth-order valence-electron chi connectivity index (χ4n) is 3.45. The van der Waals surface area contributed by atoms with E-state index >= 15 is 0 Å². The van der Waals surface area contributed by atoms with E-state index in [0.29, 0.717) is 0 Å². The van der Waals surface area contributed by atoms with E-state index < -0.39 is 10.0 Å². The van der Waals surface area contributed by atoms with Gasteiger partial charge in [-0.2, -0.15) is 5.10 Å². The first-order valence-corrected chi connectivity index (χ1v) is 9.98. The maximum Gasteiger partial charge on any atom is 0.461 e. The average molecular weight is 355 g/mol. The summed E-state index contributed by atoms with van der Waals surface area (Å²) in [5, 5.41) is 9.20. The lowest BCUT2D eigenvalue weighted by molar-refractivity contribution is 0.00578. The van der Waals surface area contributed by atoms with Crippen LogP contribution in [0.5, 0.6) is 0 Å². The van der Waals surface area contributed by atoms with Gasteiger partial charge in [-0.25, -0.2) is 13.6 Å². The zero-order valence-corrected chi connectivity index (χ0v) is 15.5. The molecule has 2 aliphatic rings. The van der Waals surface area contributed by atoms with Gasteiger partial charge in [0, 0.05) is 6.20 Å². The van der Waals surface area contributed by atoms with Crippen molar-refractivity contribution in [2.24, 2.45) is 5.14 Å². The first-order valence-electron chi connectivity index (χ1n) is 8.43. The Morgan fingerprint density at radius 2 is 1.88 bits per heavy atom. The monoisotopic (exact) mass is 355 g/mol. The summed E-state index contributed by atoms with van der Waals surface area (Å²) in [6, 6.07) is 1.59. The Morgan fingerprint density at radius 1 is 1.25 bits per heavy atom. The van der Waals surface area contributed by atoms with E-state index in [4.69, 9.17) is 14.4 Å². The summed E-state index contributed by atoms with van der Waals surface area (Å²) in [4.78, 5) is 0. The molecule has 0 amide bonds. The Labute approximate surface area is 144 Å². The summed E-state index contributed by atoms with van der Waals surface area (Å²) >= 11 is 0. The van der Waals surface area contributed by atoms with Crippen molar-refractivity contribution >= 4 is 17.1 Å². The third-order valence-electron chi connectivity index (χ3n) is 5.59. The molecule has 1 aromatic rings. The molecule has 24 heavy (non-hydrogen) atoms. The third kappa shape index (κ3) is 3.27. The molecular formula is C15H26BN3O4S. The highest BCUT2D eigenvalue weighted by Gasteiger charge is 2.54. The van der Waals surface area contributed by atoms with Crippen LogP contribution >= 0.6 is 0 Å². The van der Waals surface area contributed by atoms with Gasteiger partial charge in [-0.1, -0.05) is 12.8 Å². The largest absolute Gasteiger partial charge is 0.461 e. The highest BCUT2D eigenvalue weighted by molar-refractivity contribution is 7.89. The smallest absolute Gasteiger partial charge is 0.403 e. The summed E-state index contributed by atoms with van der Waals surface area (Å²) in [5.41, 5.74) is -0.672. The number of aromatic nitrogens is 2. The van der Waals surface area contributed by atoms with Crippen LogP contribution < -0.4 is 5.14 Å². The van der Waals surface area contributed by atoms with Gasteiger partial charge in [0.05, 0.1) is 17.2 Å². The summed E-state index contributed by atoms with van der Waals surface area (Å²) < 4.78 is 36.9. The normalized spacial score (nSPS) is 29.8. The molecule has 0 radical (unpaired) electrons. The predicted octanol–water partition coefficient (Wildman–Crippen LogP) is 2.11. The minimum absolute atomic E-state index is 0.0831. The lowest BCUT2D eigenvalue weighted by Gasteiger charge is -2.32. The topological polar surface area (TPSA) is 96.4 Å². The van der Waals surface area contributed by atoms with Crippen molar-refractivity contribution in [2.45, 2.75) is 81.5 Å². The van der Waals surface area contributed by atoms with Crippen molar-refractivity contribution in [3.63, 3.8) is 0 Å². The molecule has 2 atom stereocenters. The summed E-state index contributed by atoms with van der Waals surface area (Å²) in [7, 11) is -3.99. The van der Waals surface area contributed by atoms with Crippen LogP contribution in [-0.4, -0.2) is 36.5 Å². The first-order chi connectivity index (χ1) is 11.0. The van der Waals surface area contributed by atoms with Gasteiger partial charge in [-0.3, -0.25) is 4.68 Å². The first kappa shape index (κ1) is 17.9. The molecule has 2 N–H and O–H groups in total. The number of nitrogens with two attached hydrogens (primary N) is 1. The van der Waals surface area contributed by atoms with Crippen molar-refractivity contribution in [1.29, 1.82) is 0 Å². The standard InChI is InChI=1S/C15H26BN3O4S/c1-14(2)15(3,4)23-16(22-14)11-6-5-7-12(10-11)19-9-8-13(18-19)24(17,20)21/h8-9,11-12H,5-7,10H2,1-4H3,(H2,17,20,21)/t11-,12+/m1/s1. The average Bonchev–Trinajstić information content (AvgIpc) is 3.02. The van der Waals surface area contributed by atoms with Gasteiger partial charge in [0.2, 0.25) is 0 Å². The van der Waals surface area contributed by atoms with E-state index in [0.717, 1.165) is 25.7 Å². The summed E-state index contributed by atoms with van der Waals surface area (Å²) in [6.45, 7) is 8.22. The van der Waals surface area contributed by atoms with Gasteiger partial charge >= 0.3 is 7.12 Å². The second kappa shape index (κ2) is 5.83. The Morgan fingerprint density at radius 3 is 2.42 bits per heavy atom. The number of rotatable bonds is 3. The van der Waals surface area contributed by atoms with Crippen LogP contribution in [0.2, 0.25) is 5.82 Å². The number of hydrogen-bond acceptors (Lipinski definition) is 5. The molecule has 2 heterocycles. The van der Waals surface area contributed by atoms with Crippen LogP contribution in [0, 0.1) is 0 Å². The van der Waals surface area contributed by atoms with Crippen LogP contribution in [0.4, 0.5) is 0 Å². The highest BCUT2D eigenvalue weighted by Crippen LogP contribution is 2.46. The highest BCUT2D eigenvalue weighted by atomic mass is 32.2. The van der Waals surface area contributed by atoms with Crippen molar-refractivity contribution in [2.75, 3.05) is 0 Å². The number of nitrogens with zero attached hydrogens (tertiary/aromatic N) is 2. The van der Waals surface area contributed by atoms with Gasteiger partial charge in [0.15, 0.2) is 5.03 Å². The molecule has 2 fully saturated rings. The molecule has 3 rings (SSSR count). The van der Waals surface area contributed by atoms with Crippen LogP contribution in [0.25, 0.3) is 0 Å². The van der Waals surface area contributed by atoms with Crippen molar-refractivity contribution < 1.29 is 17.7 Å². The SMILES string of the molecule is CC1(C)OB([C@@H]2CCC[C@H](n3ccc(S(N)(=O)=O)n3)C2)OC1(C)C. The molecule has 0 aromatic carbocycles. The quantitative estimate of drug-likeness (QED) is 0.838. The molecule has 1 aliphatic carbocycles. The van der Waals surface area contributed by atoms with E-state index in [-0.39, 0.29) is 35.2 Å². The molecule has 1 saturated carbocycles. The predicted molar refractivity (Wildman–Crippen MR) is 90.9 cm³/mol. The lowest BCUT2D eigenvalue weighted by Crippen LogP contribution is -2.41. The molecule has 7 nitrogen and oxygen atoms in total. The molecule has 1 aromatic heterocycles. The molecule has 1 aliphatic heterocycles. The number of sulfonamides is 1. The second-order valence-corrected chi connectivity index (χ2v) is 9.39.